The lowest BCUT2D eigenvalue weighted by Crippen LogP contribution is -2.50. The van der Waals surface area contributed by atoms with Crippen molar-refractivity contribution in [1.82, 2.24) is 4.90 Å². The fraction of sp³-hybridized carbons (Fsp3) is 0.462. The van der Waals surface area contributed by atoms with Crippen LogP contribution in [-0.4, -0.2) is 53.6 Å². The smallest absolute Gasteiger partial charge is 0.342 e. The van der Waals surface area contributed by atoms with Crippen LogP contribution in [0, 0.1) is 10.1 Å². The molecule has 0 aromatic heterocycles. The molecule has 1 heterocycles. The molecule has 7 heteroatoms. The van der Waals surface area contributed by atoms with Crippen LogP contribution in [0.3, 0.4) is 0 Å². The van der Waals surface area contributed by atoms with Crippen molar-refractivity contribution in [3.8, 4) is 0 Å². The number of aromatic carboxylic acids is 1. The molecule has 1 saturated heterocycles. The van der Waals surface area contributed by atoms with Crippen LogP contribution in [0.5, 0.6) is 0 Å². The van der Waals surface area contributed by atoms with Gasteiger partial charge in [-0.3, -0.25) is 10.1 Å². The normalized spacial score (nSPS) is 19.9. The number of piperazine rings is 1. The molecule has 1 aliphatic heterocycles. The van der Waals surface area contributed by atoms with E-state index in [0.717, 1.165) is 19.6 Å². The van der Waals surface area contributed by atoms with Crippen molar-refractivity contribution in [2.75, 3.05) is 31.6 Å². The lowest BCUT2D eigenvalue weighted by molar-refractivity contribution is -0.385. The van der Waals surface area contributed by atoms with Gasteiger partial charge in [0.1, 0.15) is 5.56 Å². The van der Waals surface area contributed by atoms with Crippen molar-refractivity contribution in [3.63, 3.8) is 0 Å². The van der Waals surface area contributed by atoms with Gasteiger partial charge in [0, 0.05) is 37.4 Å². The van der Waals surface area contributed by atoms with E-state index in [9.17, 15) is 14.9 Å². The topological polar surface area (TPSA) is 86.9 Å². The lowest BCUT2D eigenvalue weighted by Gasteiger charge is -2.39. The molecular weight excluding hydrogens is 262 g/mol. The van der Waals surface area contributed by atoms with Crippen molar-refractivity contribution in [3.05, 3.63) is 33.9 Å². The second kappa shape index (κ2) is 5.46. The summed E-state index contributed by atoms with van der Waals surface area (Å²) in [5.41, 5.74) is 0.0789. The summed E-state index contributed by atoms with van der Waals surface area (Å²) in [5.74, 6) is -1.28. The minimum Gasteiger partial charge on any atom is -0.477 e. The standard InChI is InChI=1S/C13H17N3O4/c1-9-8-14(2)5-6-15(9)10-3-4-12(16(19)20)11(7-10)13(17)18/h3-4,7,9H,5-6,8H2,1-2H3,(H,17,18)/t9-/m0/s1. The van der Waals surface area contributed by atoms with E-state index in [1.165, 1.54) is 12.1 Å². The molecular formula is C13H17N3O4. The molecule has 0 unspecified atom stereocenters. The molecule has 1 aromatic carbocycles. The van der Waals surface area contributed by atoms with Crippen LogP contribution in [0.1, 0.15) is 17.3 Å². The number of nitrogens with zero attached hydrogens (tertiary/aromatic N) is 3. The van der Waals surface area contributed by atoms with Crippen molar-refractivity contribution in [1.29, 1.82) is 0 Å². The number of rotatable bonds is 3. The van der Waals surface area contributed by atoms with E-state index in [2.05, 4.69) is 16.7 Å². The highest BCUT2D eigenvalue weighted by atomic mass is 16.6. The van der Waals surface area contributed by atoms with Gasteiger partial charge in [0.2, 0.25) is 0 Å². The molecule has 0 spiro atoms. The number of nitro groups is 1. The fourth-order valence-corrected chi connectivity index (χ4v) is 2.56. The number of benzene rings is 1. The average Bonchev–Trinajstić information content (AvgIpc) is 2.37. The first kappa shape index (κ1) is 14.3. The Labute approximate surface area is 116 Å². The lowest BCUT2D eigenvalue weighted by atomic mass is 10.1. The molecule has 2 rings (SSSR count). The van der Waals surface area contributed by atoms with E-state index in [1.54, 1.807) is 6.07 Å². The molecule has 1 aromatic rings. The first-order chi connectivity index (χ1) is 9.40. The van der Waals surface area contributed by atoms with Gasteiger partial charge in [-0.05, 0) is 26.1 Å². The van der Waals surface area contributed by atoms with E-state index in [-0.39, 0.29) is 17.3 Å². The fourth-order valence-electron chi connectivity index (χ4n) is 2.56. The van der Waals surface area contributed by atoms with E-state index in [1.807, 2.05) is 7.05 Å². The van der Waals surface area contributed by atoms with Crippen LogP contribution < -0.4 is 4.90 Å². The molecule has 108 valence electrons. The van der Waals surface area contributed by atoms with Crippen LogP contribution >= 0.6 is 0 Å². The van der Waals surface area contributed by atoms with Gasteiger partial charge in [-0.25, -0.2) is 4.79 Å². The molecule has 1 aliphatic rings. The predicted octanol–water partition coefficient (Wildman–Crippen LogP) is 1.43. The first-order valence-electron chi connectivity index (χ1n) is 6.37. The summed E-state index contributed by atoms with van der Waals surface area (Å²) in [6.07, 6.45) is 0. The van der Waals surface area contributed by atoms with Crippen LogP contribution in [0.25, 0.3) is 0 Å². The van der Waals surface area contributed by atoms with E-state index < -0.39 is 10.9 Å². The van der Waals surface area contributed by atoms with Crippen LogP contribution in [0.4, 0.5) is 11.4 Å². The molecule has 0 bridgehead atoms. The Hall–Kier alpha value is -2.15. The number of carboxylic acids is 1. The summed E-state index contributed by atoms with van der Waals surface area (Å²) < 4.78 is 0. The zero-order valence-electron chi connectivity index (χ0n) is 11.4. The zero-order chi connectivity index (χ0) is 14.9. The second-order valence-corrected chi connectivity index (χ2v) is 5.07. The minimum absolute atomic E-state index is 0.233. The third-order valence-corrected chi connectivity index (χ3v) is 3.57. The summed E-state index contributed by atoms with van der Waals surface area (Å²) in [4.78, 5) is 25.6. The van der Waals surface area contributed by atoms with Gasteiger partial charge < -0.3 is 14.9 Å². The number of carbonyl (C=O) groups is 1. The Morgan fingerprint density at radius 3 is 2.70 bits per heavy atom. The quantitative estimate of drug-likeness (QED) is 0.665. The summed E-state index contributed by atoms with van der Waals surface area (Å²) in [6, 6.07) is 4.51. The summed E-state index contributed by atoms with van der Waals surface area (Å²) in [7, 11) is 2.03. The van der Waals surface area contributed by atoms with Gasteiger partial charge in [-0.2, -0.15) is 0 Å². The zero-order valence-corrected chi connectivity index (χ0v) is 11.4. The Bertz CT molecular complexity index is 546. The van der Waals surface area contributed by atoms with Gasteiger partial charge in [0.15, 0.2) is 0 Å². The van der Waals surface area contributed by atoms with Crippen LogP contribution in [0.15, 0.2) is 18.2 Å². The summed E-state index contributed by atoms with van der Waals surface area (Å²) in [5, 5.41) is 20.0. The SMILES string of the molecule is C[C@H]1CN(C)CCN1c1ccc([N+](=O)[O-])c(C(=O)O)c1. The van der Waals surface area contributed by atoms with E-state index in [0.29, 0.717) is 5.69 Å². The van der Waals surface area contributed by atoms with Gasteiger partial charge in [-0.15, -0.1) is 0 Å². The largest absolute Gasteiger partial charge is 0.477 e. The Kier molecular flexibility index (Phi) is 3.89. The number of likely N-dealkylation sites (N-methyl/N-ethyl adjacent to an activating group) is 1. The molecule has 0 amide bonds. The van der Waals surface area contributed by atoms with Gasteiger partial charge in [0.25, 0.3) is 5.69 Å². The first-order valence-corrected chi connectivity index (χ1v) is 6.37. The molecule has 1 atom stereocenters. The van der Waals surface area contributed by atoms with Gasteiger partial charge >= 0.3 is 5.97 Å². The van der Waals surface area contributed by atoms with E-state index >= 15 is 0 Å². The highest BCUT2D eigenvalue weighted by Gasteiger charge is 2.25. The maximum Gasteiger partial charge on any atom is 0.342 e. The van der Waals surface area contributed by atoms with Crippen LogP contribution in [0.2, 0.25) is 0 Å². The molecule has 0 aliphatic carbocycles. The monoisotopic (exact) mass is 279 g/mol. The van der Waals surface area contributed by atoms with Crippen molar-refractivity contribution >= 4 is 17.3 Å². The highest BCUT2D eigenvalue weighted by Crippen LogP contribution is 2.27. The molecule has 1 fully saturated rings. The Morgan fingerprint density at radius 1 is 1.45 bits per heavy atom. The minimum atomic E-state index is -1.28. The van der Waals surface area contributed by atoms with Gasteiger partial charge in [-0.1, -0.05) is 0 Å². The number of carboxylic acid groups (broad SMARTS) is 1. The number of nitro benzene ring substituents is 1. The second-order valence-electron chi connectivity index (χ2n) is 5.07. The maximum atomic E-state index is 11.2. The van der Waals surface area contributed by atoms with Crippen molar-refractivity contribution in [2.45, 2.75) is 13.0 Å². The maximum absolute atomic E-state index is 11.2. The third kappa shape index (κ3) is 2.72. The molecule has 1 N–H and O–H groups in total. The molecule has 20 heavy (non-hydrogen) atoms. The highest BCUT2D eigenvalue weighted by molar-refractivity contribution is 5.93. The summed E-state index contributed by atoms with van der Waals surface area (Å²) >= 11 is 0. The third-order valence-electron chi connectivity index (χ3n) is 3.57. The predicted molar refractivity (Wildman–Crippen MR) is 74.4 cm³/mol. The summed E-state index contributed by atoms with van der Waals surface area (Å²) in [6.45, 7) is 4.58. The molecule has 7 nitrogen and oxygen atoms in total. The Morgan fingerprint density at radius 2 is 2.15 bits per heavy atom. The average molecular weight is 279 g/mol. The van der Waals surface area contributed by atoms with Crippen molar-refractivity contribution in [2.24, 2.45) is 0 Å². The molecule has 0 radical (unpaired) electrons. The Balaban J connectivity index is 2.36. The van der Waals surface area contributed by atoms with Crippen LogP contribution in [-0.2, 0) is 0 Å². The number of hydrogen-bond acceptors (Lipinski definition) is 5. The molecule has 0 saturated carbocycles. The van der Waals surface area contributed by atoms with E-state index in [4.69, 9.17) is 5.11 Å². The van der Waals surface area contributed by atoms with Gasteiger partial charge in [0.05, 0.1) is 4.92 Å². The number of anilines is 1. The number of hydrogen-bond donors (Lipinski definition) is 1. The van der Waals surface area contributed by atoms with Crippen molar-refractivity contribution < 1.29 is 14.8 Å².